The van der Waals surface area contributed by atoms with Crippen LogP contribution in [0.5, 0.6) is 5.75 Å². The summed E-state index contributed by atoms with van der Waals surface area (Å²) in [6.45, 7) is 2.87. The lowest BCUT2D eigenvalue weighted by atomic mass is 10.1. The van der Waals surface area contributed by atoms with E-state index in [0.29, 0.717) is 0 Å². The number of hydrogen-bond donors (Lipinski definition) is 1. The van der Waals surface area contributed by atoms with Gasteiger partial charge in [-0.2, -0.15) is 0 Å². The van der Waals surface area contributed by atoms with Crippen molar-refractivity contribution in [2.45, 2.75) is 30.7 Å². The lowest BCUT2D eigenvalue weighted by Crippen LogP contribution is -2.23. The molecule has 1 aromatic heterocycles. The van der Waals surface area contributed by atoms with Crippen molar-refractivity contribution < 1.29 is 13.2 Å². The van der Waals surface area contributed by atoms with Crippen molar-refractivity contribution in [1.29, 1.82) is 0 Å². The zero-order chi connectivity index (χ0) is 17.3. The summed E-state index contributed by atoms with van der Waals surface area (Å²) >= 11 is 0. The lowest BCUT2D eigenvalue weighted by molar-refractivity contribution is 0.402. The molecule has 1 aromatic carbocycles. The second-order valence-electron chi connectivity index (χ2n) is 5.94. The van der Waals surface area contributed by atoms with Crippen LogP contribution >= 0.6 is 0 Å². The van der Waals surface area contributed by atoms with Gasteiger partial charge in [0.1, 0.15) is 10.6 Å². The Labute approximate surface area is 142 Å². The standard InChI is InChI=1S/C17H21N3O3S/c1-12-5-3-6-14(19-12)15-7-4-10-20(15)13-8-9-17(24(18,21)22)16(11-13)23-2/h3,5-6,8-9,11,15H,4,7,10H2,1-2H3,(H2,18,21,22). The van der Waals surface area contributed by atoms with E-state index in [1.807, 2.05) is 25.1 Å². The Morgan fingerprint density at radius 3 is 2.75 bits per heavy atom. The number of anilines is 1. The monoisotopic (exact) mass is 347 g/mol. The van der Waals surface area contributed by atoms with E-state index in [1.54, 1.807) is 12.1 Å². The first kappa shape index (κ1) is 16.7. The first-order valence-electron chi connectivity index (χ1n) is 7.81. The molecule has 3 rings (SSSR count). The van der Waals surface area contributed by atoms with Crippen molar-refractivity contribution in [3.63, 3.8) is 0 Å². The maximum Gasteiger partial charge on any atom is 0.241 e. The molecule has 1 fully saturated rings. The normalized spacial score (nSPS) is 18.0. The molecule has 24 heavy (non-hydrogen) atoms. The molecule has 2 aromatic rings. The molecular formula is C17H21N3O3S. The van der Waals surface area contributed by atoms with Crippen LogP contribution in [0, 0.1) is 6.92 Å². The van der Waals surface area contributed by atoms with Gasteiger partial charge in [-0.3, -0.25) is 4.98 Å². The average Bonchev–Trinajstić information content (AvgIpc) is 3.03. The molecule has 0 spiro atoms. The van der Waals surface area contributed by atoms with Crippen molar-refractivity contribution in [3.8, 4) is 5.75 Å². The Hall–Kier alpha value is -2.12. The quantitative estimate of drug-likeness (QED) is 0.918. The smallest absolute Gasteiger partial charge is 0.241 e. The number of nitrogens with zero attached hydrogens (tertiary/aromatic N) is 2. The summed E-state index contributed by atoms with van der Waals surface area (Å²) in [5.74, 6) is 0.262. The number of ether oxygens (including phenoxy) is 1. The highest BCUT2D eigenvalue weighted by molar-refractivity contribution is 7.89. The molecule has 7 heteroatoms. The molecule has 1 aliphatic heterocycles. The Kier molecular flexibility index (Phi) is 4.47. The third-order valence-corrected chi connectivity index (χ3v) is 5.24. The minimum absolute atomic E-state index is 0.00169. The number of pyridine rings is 1. The lowest BCUT2D eigenvalue weighted by Gasteiger charge is -2.27. The highest BCUT2D eigenvalue weighted by Crippen LogP contribution is 2.38. The van der Waals surface area contributed by atoms with E-state index >= 15 is 0 Å². The number of benzene rings is 1. The number of hydrogen-bond acceptors (Lipinski definition) is 5. The van der Waals surface area contributed by atoms with Crippen molar-refractivity contribution in [2.75, 3.05) is 18.6 Å². The summed E-state index contributed by atoms with van der Waals surface area (Å²) < 4.78 is 28.5. The van der Waals surface area contributed by atoms with E-state index in [2.05, 4.69) is 9.88 Å². The van der Waals surface area contributed by atoms with Gasteiger partial charge in [0.2, 0.25) is 10.0 Å². The van der Waals surface area contributed by atoms with Gasteiger partial charge in [-0.1, -0.05) is 6.07 Å². The molecule has 2 N–H and O–H groups in total. The van der Waals surface area contributed by atoms with Crippen LogP contribution in [0.15, 0.2) is 41.3 Å². The van der Waals surface area contributed by atoms with Crippen LogP contribution in [0.1, 0.15) is 30.3 Å². The van der Waals surface area contributed by atoms with E-state index in [-0.39, 0.29) is 16.7 Å². The molecule has 0 bridgehead atoms. The number of aryl methyl sites for hydroxylation is 1. The van der Waals surface area contributed by atoms with Crippen molar-refractivity contribution in [2.24, 2.45) is 5.14 Å². The second-order valence-corrected chi connectivity index (χ2v) is 7.47. The molecule has 0 saturated carbocycles. The van der Waals surface area contributed by atoms with Crippen LogP contribution in [0.3, 0.4) is 0 Å². The van der Waals surface area contributed by atoms with Crippen LogP contribution in [-0.2, 0) is 10.0 Å². The van der Waals surface area contributed by atoms with Crippen LogP contribution in [0.25, 0.3) is 0 Å². The predicted molar refractivity (Wildman–Crippen MR) is 92.7 cm³/mol. The van der Waals surface area contributed by atoms with Gasteiger partial charge < -0.3 is 9.64 Å². The molecule has 1 saturated heterocycles. The minimum atomic E-state index is -3.81. The molecule has 0 radical (unpaired) electrons. The number of nitrogens with two attached hydrogens (primary N) is 1. The summed E-state index contributed by atoms with van der Waals surface area (Å²) in [7, 11) is -2.37. The Balaban J connectivity index is 1.99. The van der Waals surface area contributed by atoms with E-state index in [0.717, 1.165) is 36.5 Å². The number of methoxy groups -OCH3 is 1. The average molecular weight is 347 g/mol. The summed E-state index contributed by atoms with van der Waals surface area (Å²) in [6.07, 6.45) is 2.06. The van der Waals surface area contributed by atoms with E-state index in [9.17, 15) is 8.42 Å². The van der Waals surface area contributed by atoms with E-state index in [4.69, 9.17) is 9.88 Å². The summed E-state index contributed by atoms with van der Waals surface area (Å²) in [4.78, 5) is 6.87. The van der Waals surface area contributed by atoms with Crippen molar-refractivity contribution in [3.05, 3.63) is 47.8 Å². The first-order chi connectivity index (χ1) is 11.4. The fraction of sp³-hybridized carbons (Fsp3) is 0.353. The summed E-state index contributed by atoms with van der Waals surface area (Å²) in [6, 6.07) is 11.2. The van der Waals surface area contributed by atoms with Crippen LogP contribution in [0.4, 0.5) is 5.69 Å². The fourth-order valence-corrected chi connectivity index (χ4v) is 3.88. The topological polar surface area (TPSA) is 85.5 Å². The highest BCUT2D eigenvalue weighted by atomic mass is 32.2. The first-order valence-corrected chi connectivity index (χ1v) is 9.36. The van der Waals surface area contributed by atoms with Gasteiger partial charge in [-0.15, -0.1) is 0 Å². The van der Waals surface area contributed by atoms with Gasteiger partial charge in [-0.05, 0) is 44.0 Å². The number of aromatic nitrogens is 1. The van der Waals surface area contributed by atoms with Crippen molar-refractivity contribution in [1.82, 2.24) is 4.98 Å². The molecule has 128 valence electrons. The second kappa shape index (κ2) is 6.41. The van der Waals surface area contributed by atoms with E-state index < -0.39 is 10.0 Å². The predicted octanol–water partition coefficient (Wildman–Crippen LogP) is 2.39. The SMILES string of the molecule is COc1cc(N2CCCC2c2cccc(C)n2)ccc1S(N)(=O)=O. The number of primary sulfonamides is 1. The van der Waals surface area contributed by atoms with Gasteiger partial charge in [0.05, 0.1) is 18.8 Å². The largest absolute Gasteiger partial charge is 0.495 e. The van der Waals surface area contributed by atoms with Gasteiger partial charge in [0.15, 0.2) is 0 Å². The number of rotatable bonds is 4. The minimum Gasteiger partial charge on any atom is -0.495 e. The molecule has 1 aliphatic rings. The van der Waals surface area contributed by atoms with Gasteiger partial charge >= 0.3 is 0 Å². The van der Waals surface area contributed by atoms with Crippen LogP contribution in [0.2, 0.25) is 0 Å². The molecule has 1 unspecified atom stereocenters. The molecule has 1 atom stereocenters. The number of sulfonamides is 1. The van der Waals surface area contributed by atoms with Gasteiger partial charge in [0, 0.05) is 24.0 Å². The van der Waals surface area contributed by atoms with Crippen LogP contribution in [-0.4, -0.2) is 27.1 Å². The fourth-order valence-electron chi connectivity index (χ4n) is 3.20. The zero-order valence-electron chi connectivity index (χ0n) is 13.8. The molecule has 6 nitrogen and oxygen atoms in total. The third kappa shape index (κ3) is 3.22. The Bertz CT molecular complexity index is 852. The molecule has 0 aliphatic carbocycles. The maximum absolute atomic E-state index is 11.6. The Morgan fingerprint density at radius 2 is 2.08 bits per heavy atom. The summed E-state index contributed by atoms with van der Waals surface area (Å²) in [5.41, 5.74) is 2.92. The maximum atomic E-state index is 11.6. The highest BCUT2D eigenvalue weighted by Gasteiger charge is 2.28. The molecule has 2 heterocycles. The van der Waals surface area contributed by atoms with Gasteiger partial charge in [0.25, 0.3) is 0 Å². The van der Waals surface area contributed by atoms with E-state index in [1.165, 1.54) is 13.2 Å². The van der Waals surface area contributed by atoms with Gasteiger partial charge in [-0.25, -0.2) is 13.6 Å². The Morgan fingerprint density at radius 1 is 1.29 bits per heavy atom. The third-order valence-electron chi connectivity index (χ3n) is 4.29. The molecule has 0 amide bonds. The zero-order valence-corrected chi connectivity index (χ0v) is 14.6. The van der Waals surface area contributed by atoms with Crippen LogP contribution < -0.4 is 14.8 Å². The van der Waals surface area contributed by atoms with Crippen molar-refractivity contribution >= 4 is 15.7 Å². The summed E-state index contributed by atoms with van der Waals surface area (Å²) in [5, 5.41) is 5.24. The molecular weight excluding hydrogens is 326 g/mol.